The lowest BCUT2D eigenvalue weighted by molar-refractivity contribution is -0.384. The molecule has 0 bridgehead atoms. The van der Waals surface area contributed by atoms with Gasteiger partial charge >= 0.3 is 0 Å². The monoisotopic (exact) mass is 378 g/mol. The molecule has 5 N–H and O–H groups in total. The Bertz CT molecular complexity index is 528. The van der Waals surface area contributed by atoms with E-state index in [4.69, 9.17) is 5.73 Å². The van der Waals surface area contributed by atoms with Crippen molar-refractivity contribution >= 4 is 5.69 Å². The molecule has 1 atom stereocenters. The molecule has 8 nitrogen and oxygen atoms in total. The first-order valence-electron chi connectivity index (χ1n) is 9.98. The van der Waals surface area contributed by atoms with E-state index in [-0.39, 0.29) is 16.7 Å². The van der Waals surface area contributed by atoms with E-state index in [0.29, 0.717) is 0 Å². The second-order valence-corrected chi connectivity index (χ2v) is 7.13. The van der Waals surface area contributed by atoms with Gasteiger partial charge in [-0.25, -0.2) is 0 Å². The number of hydrogen-bond acceptors (Lipinski definition) is 7. The summed E-state index contributed by atoms with van der Waals surface area (Å²) in [4.78, 5) is 12.8. The highest BCUT2D eigenvalue weighted by molar-refractivity contribution is 5.32. The van der Waals surface area contributed by atoms with E-state index in [1.54, 1.807) is 12.1 Å². The quantitative estimate of drug-likeness (QED) is 0.400. The van der Waals surface area contributed by atoms with E-state index < -0.39 is 0 Å². The molecule has 0 spiro atoms. The lowest BCUT2D eigenvalue weighted by atomic mass is 10.0. The average molecular weight is 379 g/mol. The number of nitrogens with zero attached hydrogens (tertiary/aromatic N) is 2. The molecule has 27 heavy (non-hydrogen) atoms. The van der Waals surface area contributed by atoms with Crippen LogP contribution in [0.4, 0.5) is 5.69 Å². The van der Waals surface area contributed by atoms with Crippen molar-refractivity contribution in [2.75, 3.05) is 58.9 Å². The summed E-state index contributed by atoms with van der Waals surface area (Å²) in [5.41, 5.74) is 7.64. The van der Waals surface area contributed by atoms with Gasteiger partial charge in [0.15, 0.2) is 0 Å². The summed E-state index contributed by atoms with van der Waals surface area (Å²) in [5, 5.41) is 21.0. The van der Waals surface area contributed by atoms with Crippen molar-refractivity contribution in [3.05, 3.63) is 39.9 Å². The summed E-state index contributed by atoms with van der Waals surface area (Å²) in [5.74, 6) is 0. The van der Waals surface area contributed by atoms with Crippen LogP contribution in [-0.2, 0) is 6.42 Å². The summed E-state index contributed by atoms with van der Waals surface area (Å²) in [6, 6.07) is 6.97. The second kappa shape index (κ2) is 12.7. The maximum absolute atomic E-state index is 10.7. The zero-order valence-electron chi connectivity index (χ0n) is 16.2. The van der Waals surface area contributed by atoms with Gasteiger partial charge in [-0.05, 0) is 24.8 Å². The van der Waals surface area contributed by atoms with Crippen LogP contribution in [0.25, 0.3) is 0 Å². The van der Waals surface area contributed by atoms with Gasteiger partial charge in [-0.15, -0.1) is 0 Å². The highest BCUT2D eigenvalue weighted by atomic mass is 16.6. The first kappa shape index (κ1) is 21.7. The number of nitrogens with two attached hydrogens (primary N) is 1. The highest BCUT2D eigenvalue weighted by Gasteiger charge is 2.11. The van der Waals surface area contributed by atoms with E-state index in [1.165, 1.54) is 0 Å². The van der Waals surface area contributed by atoms with Crippen LogP contribution in [0.5, 0.6) is 0 Å². The van der Waals surface area contributed by atoms with Gasteiger partial charge in [0.1, 0.15) is 0 Å². The molecule has 0 radical (unpaired) electrons. The Balaban J connectivity index is 1.68. The molecule has 0 aliphatic carbocycles. The molecule has 1 saturated heterocycles. The standard InChI is InChI=1S/C19H34N6O2/c20-18(3-1-2-17-4-6-19(7-5-17)25(26)27)16-24-14-12-22-10-8-21-9-11-23-13-15-24/h4-7,18,21-23H,1-3,8-16,20H2. The van der Waals surface area contributed by atoms with Crippen LogP contribution in [0.15, 0.2) is 24.3 Å². The molecular weight excluding hydrogens is 344 g/mol. The molecule has 1 aliphatic rings. The van der Waals surface area contributed by atoms with Crippen LogP contribution in [0.1, 0.15) is 18.4 Å². The number of aryl methyl sites for hydroxylation is 1. The van der Waals surface area contributed by atoms with Crippen LogP contribution in [0, 0.1) is 10.1 Å². The van der Waals surface area contributed by atoms with Crippen LogP contribution in [0.2, 0.25) is 0 Å². The Morgan fingerprint density at radius 1 is 1.00 bits per heavy atom. The number of rotatable bonds is 7. The fourth-order valence-electron chi connectivity index (χ4n) is 3.27. The molecule has 0 amide bonds. The van der Waals surface area contributed by atoms with Crippen LogP contribution in [-0.4, -0.2) is 74.8 Å². The molecule has 152 valence electrons. The molecule has 8 heteroatoms. The molecule has 2 rings (SSSR count). The van der Waals surface area contributed by atoms with Crippen molar-refractivity contribution in [2.24, 2.45) is 5.73 Å². The minimum atomic E-state index is -0.364. The summed E-state index contributed by atoms with van der Waals surface area (Å²) >= 11 is 0. The molecule has 1 aliphatic heterocycles. The lowest BCUT2D eigenvalue weighted by Crippen LogP contribution is -2.45. The van der Waals surface area contributed by atoms with Gasteiger partial charge in [0, 0.05) is 77.1 Å². The molecule has 0 saturated carbocycles. The van der Waals surface area contributed by atoms with Crippen molar-refractivity contribution in [3.8, 4) is 0 Å². The van der Waals surface area contributed by atoms with Crippen molar-refractivity contribution in [1.82, 2.24) is 20.9 Å². The van der Waals surface area contributed by atoms with Crippen LogP contribution >= 0.6 is 0 Å². The number of benzene rings is 1. The normalized spacial score (nSPS) is 19.0. The molecule has 1 unspecified atom stereocenters. The van der Waals surface area contributed by atoms with E-state index in [2.05, 4.69) is 20.9 Å². The summed E-state index contributed by atoms with van der Waals surface area (Å²) in [6.45, 7) is 8.89. The average Bonchev–Trinajstić information content (AvgIpc) is 2.64. The van der Waals surface area contributed by atoms with Crippen molar-refractivity contribution in [3.63, 3.8) is 0 Å². The third kappa shape index (κ3) is 9.25. The van der Waals surface area contributed by atoms with E-state index in [0.717, 1.165) is 83.7 Å². The number of nitro benzene ring substituents is 1. The third-order valence-corrected chi connectivity index (χ3v) is 4.85. The number of non-ortho nitro benzene ring substituents is 1. The van der Waals surface area contributed by atoms with Gasteiger partial charge in [0.25, 0.3) is 5.69 Å². The Labute approximate surface area is 162 Å². The minimum Gasteiger partial charge on any atom is -0.327 e. The maximum Gasteiger partial charge on any atom is 0.269 e. The molecule has 1 aromatic carbocycles. The van der Waals surface area contributed by atoms with Crippen molar-refractivity contribution in [1.29, 1.82) is 0 Å². The van der Waals surface area contributed by atoms with E-state index >= 15 is 0 Å². The minimum absolute atomic E-state index is 0.142. The highest BCUT2D eigenvalue weighted by Crippen LogP contribution is 2.14. The van der Waals surface area contributed by atoms with Gasteiger partial charge in [-0.1, -0.05) is 12.1 Å². The summed E-state index contributed by atoms with van der Waals surface area (Å²) in [7, 11) is 0. The first-order valence-corrected chi connectivity index (χ1v) is 9.98. The number of nitro groups is 1. The number of nitrogens with one attached hydrogen (secondary N) is 3. The Morgan fingerprint density at radius 2 is 1.56 bits per heavy atom. The van der Waals surface area contributed by atoms with Crippen LogP contribution in [0.3, 0.4) is 0 Å². The lowest BCUT2D eigenvalue weighted by Gasteiger charge is -2.26. The second-order valence-electron chi connectivity index (χ2n) is 7.13. The predicted molar refractivity (Wildman–Crippen MR) is 109 cm³/mol. The SMILES string of the molecule is NC(CCCc1ccc([N+](=O)[O-])cc1)CN1CCNCCNCCNCC1. The van der Waals surface area contributed by atoms with Crippen molar-refractivity contribution in [2.45, 2.75) is 25.3 Å². The van der Waals surface area contributed by atoms with E-state index in [1.807, 2.05) is 12.1 Å². The molecule has 1 aromatic rings. The van der Waals surface area contributed by atoms with Gasteiger partial charge < -0.3 is 21.7 Å². The van der Waals surface area contributed by atoms with Gasteiger partial charge in [-0.2, -0.15) is 0 Å². The topological polar surface area (TPSA) is 108 Å². The largest absolute Gasteiger partial charge is 0.327 e. The smallest absolute Gasteiger partial charge is 0.269 e. The van der Waals surface area contributed by atoms with Gasteiger partial charge in [0.2, 0.25) is 0 Å². The first-order chi connectivity index (χ1) is 13.1. The molecule has 0 aromatic heterocycles. The zero-order chi connectivity index (χ0) is 19.3. The summed E-state index contributed by atoms with van der Waals surface area (Å²) < 4.78 is 0. The van der Waals surface area contributed by atoms with E-state index in [9.17, 15) is 10.1 Å². The number of hydrogen-bond donors (Lipinski definition) is 4. The molecule has 1 heterocycles. The fraction of sp³-hybridized carbons (Fsp3) is 0.684. The van der Waals surface area contributed by atoms with Crippen LogP contribution < -0.4 is 21.7 Å². The predicted octanol–water partition coefficient (Wildman–Crippen LogP) is 0.329. The molecule has 1 fully saturated rings. The third-order valence-electron chi connectivity index (χ3n) is 4.85. The Kier molecular flexibility index (Phi) is 10.3. The fourth-order valence-corrected chi connectivity index (χ4v) is 3.27. The van der Waals surface area contributed by atoms with Gasteiger partial charge in [-0.3, -0.25) is 15.0 Å². The van der Waals surface area contributed by atoms with Gasteiger partial charge in [0.05, 0.1) is 4.92 Å². The Morgan fingerprint density at radius 3 is 2.11 bits per heavy atom. The molecular formula is C19H34N6O2. The zero-order valence-corrected chi connectivity index (χ0v) is 16.2. The Hall–Kier alpha value is -1.58. The summed E-state index contributed by atoms with van der Waals surface area (Å²) in [6.07, 6.45) is 2.86. The van der Waals surface area contributed by atoms with Crippen molar-refractivity contribution < 1.29 is 4.92 Å². The maximum atomic E-state index is 10.7.